The summed E-state index contributed by atoms with van der Waals surface area (Å²) < 4.78 is 36.8. The van der Waals surface area contributed by atoms with Crippen molar-refractivity contribution in [2.24, 2.45) is 0 Å². The lowest BCUT2D eigenvalue weighted by Crippen LogP contribution is -2.41. The minimum atomic E-state index is -0.328. The van der Waals surface area contributed by atoms with E-state index in [0.717, 1.165) is 68.2 Å². The third-order valence-corrected chi connectivity index (χ3v) is 6.25. The van der Waals surface area contributed by atoms with Crippen molar-refractivity contribution in [1.82, 2.24) is 5.32 Å². The zero-order valence-electron chi connectivity index (χ0n) is 18.9. The summed E-state index contributed by atoms with van der Waals surface area (Å²) in [7, 11) is 3.22. The second-order valence-corrected chi connectivity index (χ2v) is 8.33. The Balaban J connectivity index is 1.44. The highest BCUT2D eigenvalue weighted by atomic mass is 19.1. The number of methoxy groups -OCH3 is 2. The van der Waals surface area contributed by atoms with Crippen molar-refractivity contribution in [1.29, 1.82) is 0 Å². The maximum Gasteiger partial charge on any atom is 0.165 e. The van der Waals surface area contributed by atoms with Gasteiger partial charge in [0.05, 0.1) is 32.1 Å². The molecule has 2 aromatic rings. The monoisotopic (exact) mass is 444 g/mol. The van der Waals surface area contributed by atoms with Gasteiger partial charge in [-0.2, -0.15) is 0 Å². The largest absolute Gasteiger partial charge is 0.494 e. The molecule has 2 aromatic carbocycles. The van der Waals surface area contributed by atoms with Gasteiger partial charge in [-0.05, 0) is 54.8 Å². The normalized spacial score (nSPS) is 20.5. The zero-order valence-corrected chi connectivity index (χ0v) is 18.9. The molecule has 6 nitrogen and oxygen atoms in total. The Morgan fingerprint density at radius 1 is 1.19 bits per heavy atom. The highest BCUT2D eigenvalue weighted by Gasteiger charge is 2.28. The molecule has 1 saturated heterocycles. The van der Waals surface area contributed by atoms with Crippen molar-refractivity contribution in [2.45, 2.75) is 31.5 Å². The number of piperidine rings is 1. The number of benzene rings is 2. The summed E-state index contributed by atoms with van der Waals surface area (Å²) in [6, 6.07) is 11.5. The molecule has 7 heteroatoms. The maximum atomic E-state index is 14.3. The van der Waals surface area contributed by atoms with Gasteiger partial charge in [0.2, 0.25) is 0 Å². The van der Waals surface area contributed by atoms with Crippen molar-refractivity contribution < 1.29 is 23.3 Å². The summed E-state index contributed by atoms with van der Waals surface area (Å²) in [5, 5.41) is 3.41. The van der Waals surface area contributed by atoms with Gasteiger partial charge in [0.25, 0.3) is 0 Å². The molecule has 0 amide bonds. The van der Waals surface area contributed by atoms with Gasteiger partial charge in [0, 0.05) is 32.7 Å². The van der Waals surface area contributed by atoms with Gasteiger partial charge in [-0.3, -0.25) is 0 Å². The van der Waals surface area contributed by atoms with Crippen molar-refractivity contribution in [2.75, 3.05) is 58.5 Å². The number of ether oxygens (including phenoxy) is 4. The molecule has 2 aliphatic rings. The molecule has 2 aliphatic heterocycles. The lowest BCUT2D eigenvalue weighted by molar-refractivity contribution is 0.0105. The second-order valence-electron chi connectivity index (χ2n) is 8.33. The van der Waals surface area contributed by atoms with Crippen LogP contribution < -0.4 is 19.7 Å². The van der Waals surface area contributed by atoms with Gasteiger partial charge in [0.1, 0.15) is 12.4 Å². The van der Waals surface area contributed by atoms with E-state index in [1.807, 2.05) is 12.1 Å². The van der Waals surface area contributed by atoms with Gasteiger partial charge >= 0.3 is 0 Å². The van der Waals surface area contributed by atoms with Crippen LogP contribution in [-0.4, -0.2) is 59.7 Å². The quantitative estimate of drug-likeness (QED) is 0.595. The molecule has 0 bridgehead atoms. The topological polar surface area (TPSA) is 52.2 Å². The first-order chi connectivity index (χ1) is 15.7. The van der Waals surface area contributed by atoms with E-state index in [1.165, 1.54) is 7.11 Å². The third kappa shape index (κ3) is 5.34. The second kappa shape index (κ2) is 11.0. The van der Waals surface area contributed by atoms with E-state index in [1.54, 1.807) is 19.2 Å². The summed E-state index contributed by atoms with van der Waals surface area (Å²) in [5.41, 5.74) is 3.18. The Labute approximate surface area is 189 Å². The summed E-state index contributed by atoms with van der Waals surface area (Å²) in [5.74, 6) is 1.00. The standard InChI is InChI=1S/C25H33FN2O4/c1-29-12-3-10-28-11-13-31-24-6-4-18(14-22(24)28)17-32-25-16-27-9-8-20(25)19-5-7-23(30-2)21(26)15-19/h4-7,14-15,20,25,27H,3,8-13,16-17H2,1-2H3. The van der Waals surface area contributed by atoms with Gasteiger partial charge in [0.15, 0.2) is 11.6 Å². The van der Waals surface area contributed by atoms with Gasteiger partial charge in [-0.15, -0.1) is 0 Å². The molecule has 1 fully saturated rings. The van der Waals surface area contributed by atoms with Gasteiger partial charge in [-0.25, -0.2) is 4.39 Å². The zero-order chi connectivity index (χ0) is 22.3. The minimum absolute atomic E-state index is 0.0263. The number of halogens is 1. The van der Waals surface area contributed by atoms with Crippen LogP contribution in [0.2, 0.25) is 0 Å². The molecule has 0 saturated carbocycles. The molecule has 2 atom stereocenters. The molecule has 0 spiro atoms. The van der Waals surface area contributed by atoms with Crippen LogP contribution in [0.15, 0.2) is 36.4 Å². The minimum Gasteiger partial charge on any atom is -0.494 e. The molecule has 1 N–H and O–H groups in total. The fraction of sp³-hybridized carbons (Fsp3) is 0.520. The summed E-state index contributed by atoms with van der Waals surface area (Å²) in [6.45, 7) is 5.40. The number of fused-ring (bicyclic) bond motifs is 1. The van der Waals surface area contributed by atoms with Crippen LogP contribution >= 0.6 is 0 Å². The van der Waals surface area contributed by atoms with Gasteiger partial charge in [-0.1, -0.05) is 12.1 Å². The van der Waals surface area contributed by atoms with Gasteiger partial charge < -0.3 is 29.2 Å². The predicted octanol–water partition coefficient (Wildman–Crippen LogP) is 3.73. The Hall–Kier alpha value is -2.35. The molecule has 2 heterocycles. The molecular weight excluding hydrogens is 411 g/mol. The van der Waals surface area contributed by atoms with E-state index >= 15 is 0 Å². The van der Waals surface area contributed by atoms with Crippen molar-refractivity contribution in [3.63, 3.8) is 0 Å². The number of hydrogen-bond donors (Lipinski definition) is 1. The molecule has 0 aromatic heterocycles. The van der Waals surface area contributed by atoms with Crippen LogP contribution in [0.3, 0.4) is 0 Å². The maximum absolute atomic E-state index is 14.3. The van der Waals surface area contributed by atoms with E-state index in [0.29, 0.717) is 13.2 Å². The lowest BCUT2D eigenvalue weighted by atomic mass is 9.87. The molecule has 0 aliphatic carbocycles. The van der Waals surface area contributed by atoms with Crippen molar-refractivity contribution >= 4 is 5.69 Å². The first-order valence-corrected chi connectivity index (χ1v) is 11.3. The third-order valence-electron chi connectivity index (χ3n) is 6.25. The summed E-state index contributed by atoms with van der Waals surface area (Å²) in [4.78, 5) is 2.35. The van der Waals surface area contributed by atoms with Crippen molar-refractivity contribution in [3.05, 3.63) is 53.3 Å². The highest BCUT2D eigenvalue weighted by molar-refractivity contribution is 5.61. The Morgan fingerprint density at radius 3 is 2.91 bits per heavy atom. The summed E-state index contributed by atoms with van der Waals surface area (Å²) in [6.07, 6.45) is 1.85. The first kappa shape index (κ1) is 22.8. The van der Waals surface area contributed by atoms with E-state index < -0.39 is 0 Å². The van der Waals surface area contributed by atoms with Crippen LogP contribution in [0.1, 0.15) is 29.9 Å². The molecule has 2 unspecified atom stereocenters. The molecular formula is C25H33FN2O4. The molecule has 174 valence electrons. The van der Waals surface area contributed by atoms with Crippen LogP contribution in [0, 0.1) is 5.82 Å². The van der Waals surface area contributed by atoms with E-state index in [2.05, 4.69) is 22.3 Å². The fourth-order valence-electron chi connectivity index (χ4n) is 4.54. The number of nitrogens with one attached hydrogen (secondary N) is 1. The van der Waals surface area contributed by atoms with Crippen LogP contribution in [-0.2, 0) is 16.1 Å². The SMILES string of the molecule is COCCCN1CCOc2ccc(COC3CNCCC3c3ccc(OC)c(F)c3)cc21. The van der Waals surface area contributed by atoms with Crippen molar-refractivity contribution in [3.8, 4) is 11.5 Å². The average Bonchev–Trinajstić information content (AvgIpc) is 2.83. The van der Waals surface area contributed by atoms with Crippen LogP contribution in [0.4, 0.5) is 10.1 Å². The van der Waals surface area contributed by atoms with Crippen LogP contribution in [0.25, 0.3) is 0 Å². The van der Waals surface area contributed by atoms with Crippen LogP contribution in [0.5, 0.6) is 11.5 Å². The van der Waals surface area contributed by atoms with E-state index in [9.17, 15) is 4.39 Å². The van der Waals surface area contributed by atoms with E-state index in [-0.39, 0.29) is 23.6 Å². The van der Waals surface area contributed by atoms with E-state index in [4.69, 9.17) is 18.9 Å². The Bertz CT molecular complexity index is 894. The molecule has 0 radical (unpaired) electrons. The smallest absolute Gasteiger partial charge is 0.165 e. The summed E-state index contributed by atoms with van der Waals surface area (Å²) >= 11 is 0. The Morgan fingerprint density at radius 2 is 2.09 bits per heavy atom. The first-order valence-electron chi connectivity index (χ1n) is 11.3. The molecule has 4 rings (SSSR count). The average molecular weight is 445 g/mol. The number of anilines is 1. The fourth-order valence-corrected chi connectivity index (χ4v) is 4.54. The number of nitrogens with zero attached hydrogens (tertiary/aromatic N) is 1. The highest BCUT2D eigenvalue weighted by Crippen LogP contribution is 2.34. The number of rotatable bonds is 9. The predicted molar refractivity (Wildman–Crippen MR) is 122 cm³/mol. The molecule has 32 heavy (non-hydrogen) atoms. The Kier molecular flexibility index (Phi) is 7.84. The number of hydrogen-bond acceptors (Lipinski definition) is 6. The lowest BCUT2D eigenvalue weighted by Gasteiger charge is -2.33.